The molecule has 0 aliphatic carbocycles. The molecule has 2 aromatic rings. The zero-order valence-electron chi connectivity index (χ0n) is 11.4. The van der Waals surface area contributed by atoms with Crippen LogP contribution in [0.4, 0.5) is 5.82 Å². The van der Waals surface area contributed by atoms with E-state index in [0.717, 1.165) is 24.5 Å². The van der Waals surface area contributed by atoms with Crippen molar-refractivity contribution in [3.63, 3.8) is 0 Å². The third-order valence-electron chi connectivity index (χ3n) is 3.56. The molecule has 0 fully saturated rings. The summed E-state index contributed by atoms with van der Waals surface area (Å²) in [6, 6.07) is 8.68. The van der Waals surface area contributed by atoms with Crippen molar-refractivity contribution in [2.24, 2.45) is 0 Å². The highest BCUT2D eigenvalue weighted by molar-refractivity contribution is 5.46. The number of aromatic nitrogens is 2. The van der Waals surface area contributed by atoms with Gasteiger partial charge in [-0.1, -0.05) is 12.1 Å². The van der Waals surface area contributed by atoms with Crippen LogP contribution >= 0.6 is 0 Å². The van der Waals surface area contributed by atoms with Crippen molar-refractivity contribution in [3.8, 4) is 5.75 Å². The molecule has 0 amide bonds. The Bertz CT molecular complexity index is 559. The second-order valence-electron chi connectivity index (χ2n) is 4.85. The normalized spacial score (nSPS) is 17.7. The van der Waals surface area contributed by atoms with Crippen LogP contribution in [0.3, 0.4) is 0 Å². The second-order valence-corrected chi connectivity index (χ2v) is 4.85. The van der Waals surface area contributed by atoms with Crippen LogP contribution in [-0.4, -0.2) is 22.9 Å². The summed E-state index contributed by atoms with van der Waals surface area (Å²) in [5, 5.41) is 7.91. The average Bonchev–Trinajstić information content (AvgIpc) is 2.82. The molecule has 1 N–H and O–H groups in total. The first-order valence-corrected chi connectivity index (χ1v) is 6.80. The van der Waals surface area contributed by atoms with Crippen LogP contribution in [0.1, 0.15) is 30.5 Å². The molecule has 0 saturated carbocycles. The fourth-order valence-electron chi connectivity index (χ4n) is 2.62. The van der Waals surface area contributed by atoms with E-state index in [2.05, 4.69) is 34.2 Å². The zero-order chi connectivity index (χ0) is 13.2. The van der Waals surface area contributed by atoms with Gasteiger partial charge in [-0.25, -0.2) is 4.68 Å². The fraction of sp³-hybridized carbons (Fsp3) is 0.400. The number of nitrogens with one attached hydrogen (secondary N) is 1. The lowest BCUT2D eigenvalue weighted by molar-refractivity contribution is 0.340. The summed E-state index contributed by atoms with van der Waals surface area (Å²) in [5.41, 5.74) is 2.49. The van der Waals surface area contributed by atoms with Gasteiger partial charge in [0.15, 0.2) is 0 Å². The van der Waals surface area contributed by atoms with Crippen LogP contribution in [0, 0.1) is 6.92 Å². The van der Waals surface area contributed by atoms with E-state index in [1.807, 2.05) is 25.3 Å². The molecule has 19 heavy (non-hydrogen) atoms. The molecule has 100 valence electrons. The molecule has 1 aromatic heterocycles. The Morgan fingerprint density at radius 3 is 2.89 bits per heavy atom. The largest absolute Gasteiger partial charge is 0.494 e. The number of rotatable bonds is 3. The van der Waals surface area contributed by atoms with Gasteiger partial charge in [-0.3, -0.25) is 0 Å². The summed E-state index contributed by atoms with van der Waals surface area (Å²) < 4.78 is 7.58. The summed E-state index contributed by atoms with van der Waals surface area (Å²) >= 11 is 0. The van der Waals surface area contributed by atoms with E-state index < -0.39 is 0 Å². The van der Waals surface area contributed by atoms with Crippen molar-refractivity contribution in [1.29, 1.82) is 0 Å². The van der Waals surface area contributed by atoms with Gasteiger partial charge < -0.3 is 10.1 Å². The molecular weight excluding hydrogens is 238 g/mol. The van der Waals surface area contributed by atoms with E-state index in [1.165, 1.54) is 11.1 Å². The molecule has 1 unspecified atom stereocenters. The summed E-state index contributed by atoms with van der Waals surface area (Å²) in [6.45, 7) is 5.78. The number of fused-ring (bicyclic) bond motifs is 1. The van der Waals surface area contributed by atoms with Gasteiger partial charge in [0, 0.05) is 12.1 Å². The van der Waals surface area contributed by atoms with Gasteiger partial charge >= 0.3 is 0 Å². The SMILES string of the molecule is CCOc1ccc(C2CCNc3c(C)cnn32)cc1. The third kappa shape index (κ3) is 2.18. The number of hydrogen-bond acceptors (Lipinski definition) is 3. The monoisotopic (exact) mass is 257 g/mol. The molecule has 1 aromatic carbocycles. The first-order chi connectivity index (χ1) is 9.29. The van der Waals surface area contributed by atoms with Crippen molar-refractivity contribution >= 4 is 5.82 Å². The Morgan fingerprint density at radius 2 is 2.16 bits per heavy atom. The highest BCUT2D eigenvalue weighted by Crippen LogP contribution is 2.31. The van der Waals surface area contributed by atoms with Crippen LogP contribution in [0.15, 0.2) is 30.5 Å². The van der Waals surface area contributed by atoms with Crippen LogP contribution < -0.4 is 10.1 Å². The predicted molar refractivity (Wildman–Crippen MR) is 75.8 cm³/mol. The van der Waals surface area contributed by atoms with Gasteiger partial charge in [0.2, 0.25) is 0 Å². The van der Waals surface area contributed by atoms with Crippen molar-refractivity contribution < 1.29 is 4.74 Å². The van der Waals surface area contributed by atoms with Gasteiger partial charge in [0.1, 0.15) is 11.6 Å². The quantitative estimate of drug-likeness (QED) is 0.918. The number of anilines is 1. The molecule has 1 aliphatic rings. The van der Waals surface area contributed by atoms with E-state index in [1.54, 1.807) is 0 Å². The number of hydrogen-bond donors (Lipinski definition) is 1. The Kier molecular flexibility index (Phi) is 3.15. The number of nitrogens with zero attached hydrogens (tertiary/aromatic N) is 2. The van der Waals surface area contributed by atoms with E-state index in [9.17, 15) is 0 Å². The number of benzene rings is 1. The van der Waals surface area contributed by atoms with Gasteiger partial charge in [-0.15, -0.1) is 0 Å². The Morgan fingerprint density at radius 1 is 1.37 bits per heavy atom. The van der Waals surface area contributed by atoms with Crippen LogP contribution in [0.5, 0.6) is 5.75 Å². The molecule has 1 atom stereocenters. The molecule has 2 heterocycles. The highest BCUT2D eigenvalue weighted by atomic mass is 16.5. The molecule has 0 bridgehead atoms. The minimum atomic E-state index is 0.320. The fourth-order valence-corrected chi connectivity index (χ4v) is 2.62. The maximum Gasteiger partial charge on any atom is 0.127 e. The van der Waals surface area contributed by atoms with Crippen molar-refractivity contribution in [2.75, 3.05) is 18.5 Å². The van der Waals surface area contributed by atoms with Crippen LogP contribution in [-0.2, 0) is 0 Å². The zero-order valence-corrected chi connectivity index (χ0v) is 11.4. The maximum absolute atomic E-state index is 5.49. The van der Waals surface area contributed by atoms with Gasteiger partial charge in [0.25, 0.3) is 0 Å². The van der Waals surface area contributed by atoms with Crippen LogP contribution in [0.25, 0.3) is 0 Å². The lowest BCUT2D eigenvalue weighted by Crippen LogP contribution is -2.24. The number of aryl methyl sites for hydroxylation is 1. The Balaban J connectivity index is 1.90. The van der Waals surface area contributed by atoms with Crippen molar-refractivity contribution in [2.45, 2.75) is 26.3 Å². The first-order valence-electron chi connectivity index (χ1n) is 6.80. The van der Waals surface area contributed by atoms with E-state index in [-0.39, 0.29) is 0 Å². The average molecular weight is 257 g/mol. The topological polar surface area (TPSA) is 39.1 Å². The summed E-state index contributed by atoms with van der Waals surface area (Å²) in [5.74, 6) is 2.07. The van der Waals surface area contributed by atoms with Crippen molar-refractivity contribution in [1.82, 2.24) is 9.78 Å². The van der Waals surface area contributed by atoms with E-state index in [0.29, 0.717) is 12.6 Å². The van der Waals surface area contributed by atoms with Gasteiger partial charge in [-0.2, -0.15) is 5.10 Å². The van der Waals surface area contributed by atoms with Gasteiger partial charge in [-0.05, 0) is 38.0 Å². The summed E-state index contributed by atoms with van der Waals surface area (Å²) in [4.78, 5) is 0. The van der Waals surface area contributed by atoms with E-state index in [4.69, 9.17) is 4.74 Å². The second kappa shape index (κ2) is 4.96. The standard InChI is InChI=1S/C15H19N3O/c1-3-19-13-6-4-12(5-7-13)14-8-9-16-15-11(2)10-17-18(14)15/h4-7,10,14,16H,3,8-9H2,1-2H3. The summed E-state index contributed by atoms with van der Waals surface area (Å²) in [6.07, 6.45) is 2.98. The predicted octanol–water partition coefficient (Wildman–Crippen LogP) is 3.00. The molecule has 1 aliphatic heterocycles. The third-order valence-corrected chi connectivity index (χ3v) is 3.56. The highest BCUT2D eigenvalue weighted by Gasteiger charge is 2.22. The summed E-state index contributed by atoms with van der Waals surface area (Å²) in [7, 11) is 0. The molecule has 0 saturated heterocycles. The van der Waals surface area contributed by atoms with E-state index >= 15 is 0 Å². The lowest BCUT2D eigenvalue weighted by atomic mass is 10.0. The minimum Gasteiger partial charge on any atom is -0.494 e. The molecule has 0 radical (unpaired) electrons. The number of ether oxygens (including phenoxy) is 1. The first kappa shape index (κ1) is 12.1. The van der Waals surface area contributed by atoms with Crippen molar-refractivity contribution in [3.05, 3.63) is 41.6 Å². The Labute approximate surface area is 113 Å². The molecule has 3 rings (SSSR count). The molecule has 4 nitrogen and oxygen atoms in total. The maximum atomic E-state index is 5.49. The minimum absolute atomic E-state index is 0.320. The Hall–Kier alpha value is -1.97. The smallest absolute Gasteiger partial charge is 0.127 e. The van der Waals surface area contributed by atoms with Gasteiger partial charge in [0.05, 0.1) is 18.8 Å². The van der Waals surface area contributed by atoms with Crippen LogP contribution in [0.2, 0.25) is 0 Å². The molecule has 4 heteroatoms. The molecule has 0 spiro atoms. The molecular formula is C15H19N3O. The lowest BCUT2D eigenvalue weighted by Gasteiger charge is -2.26.